The van der Waals surface area contributed by atoms with Gasteiger partial charge in [0.1, 0.15) is 0 Å². The number of hydrogen-bond acceptors (Lipinski definition) is 4. The van der Waals surface area contributed by atoms with E-state index in [1.165, 1.54) is 0 Å². The van der Waals surface area contributed by atoms with Gasteiger partial charge in [-0.3, -0.25) is 4.98 Å². The standard InChI is InChI=1S/C20H22N2O2S/c21-19(25)20(16-10-6-12-22-13-16)11-5-4-9-17(20)14-24-18(23)15-7-2-1-3-8-15/h1-3,6-8,10,12-13,17H,4-5,9,11,14H2,(H2,21,25). The van der Waals surface area contributed by atoms with Crippen LogP contribution in [-0.4, -0.2) is 22.5 Å². The summed E-state index contributed by atoms with van der Waals surface area (Å²) in [7, 11) is 0. The second-order valence-electron chi connectivity index (χ2n) is 6.48. The van der Waals surface area contributed by atoms with E-state index in [9.17, 15) is 4.79 Å². The van der Waals surface area contributed by atoms with E-state index in [4.69, 9.17) is 22.7 Å². The zero-order chi connectivity index (χ0) is 17.7. The van der Waals surface area contributed by atoms with Crippen molar-refractivity contribution < 1.29 is 9.53 Å². The first-order chi connectivity index (χ1) is 12.1. The Bertz CT molecular complexity index is 736. The van der Waals surface area contributed by atoms with Crippen molar-refractivity contribution in [1.82, 2.24) is 4.98 Å². The number of rotatable bonds is 5. The number of nitrogens with two attached hydrogens (primary N) is 1. The van der Waals surface area contributed by atoms with Crippen molar-refractivity contribution >= 4 is 23.2 Å². The van der Waals surface area contributed by atoms with Crippen molar-refractivity contribution in [3.8, 4) is 0 Å². The van der Waals surface area contributed by atoms with E-state index in [-0.39, 0.29) is 11.9 Å². The predicted molar refractivity (Wildman–Crippen MR) is 101 cm³/mol. The average molecular weight is 354 g/mol. The highest BCUT2D eigenvalue weighted by molar-refractivity contribution is 7.80. The van der Waals surface area contributed by atoms with Crippen LogP contribution in [-0.2, 0) is 10.2 Å². The molecule has 1 heterocycles. The maximum absolute atomic E-state index is 12.3. The van der Waals surface area contributed by atoms with Gasteiger partial charge in [0.25, 0.3) is 0 Å². The lowest BCUT2D eigenvalue weighted by Crippen LogP contribution is -2.50. The second-order valence-corrected chi connectivity index (χ2v) is 6.92. The molecule has 1 saturated carbocycles. The summed E-state index contributed by atoms with van der Waals surface area (Å²) >= 11 is 5.47. The molecule has 0 bridgehead atoms. The van der Waals surface area contributed by atoms with E-state index in [0.29, 0.717) is 17.2 Å². The molecule has 1 aromatic heterocycles. The third kappa shape index (κ3) is 3.56. The molecule has 0 amide bonds. The van der Waals surface area contributed by atoms with Gasteiger partial charge in [-0.2, -0.15) is 0 Å². The Kier molecular flexibility index (Phi) is 5.43. The largest absolute Gasteiger partial charge is 0.462 e. The normalized spacial score (nSPS) is 23.0. The first kappa shape index (κ1) is 17.5. The molecular formula is C20H22N2O2S. The maximum atomic E-state index is 12.3. The summed E-state index contributed by atoms with van der Waals surface area (Å²) in [6.07, 6.45) is 7.49. The van der Waals surface area contributed by atoms with Crippen molar-refractivity contribution in [1.29, 1.82) is 0 Å². The van der Waals surface area contributed by atoms with Gasteiger partial charge >= 0.3 is 5.97 Å². The molecular weight excluding hydrogens is 332 g/mol. The highest BCUT2D eigenvalue weighted by Crippen LogP contribution is 2.44. The Balaban J connectivity index is 1.82. The van der Waals surface area contributed by atoms with Crippen LogP contribution in [0.4, 0.5) is 0 Å². The van der Waals surface area contributed by atoms with Gasteiger partial charge in [-0.25, -0.2) is 4.79 Å². The molecule has 0 saturated heterocycles. The van der Waals surface area contributed by atoms with Gasteiger partial charge in [-0.05, 0) is 36.6 Å². The molecule has 1 aliphatic carbocycles. The Hall–Kier alpha value is -2.27. The molecule has 2 atom stereocenters. The minimum absolute atomic E-state index is 0.0654. The van der Waals surface area contributed by atoms with Crippen molar-refractivity contribution in [2.45, 2.75) is 31.1 Å². The van der Waals surface area contributed by atoms with Crippen molar-refractivity contribution in [3.63, 3.8) is 0 Å². The number of pyridine rings is 1. The Morgan fingerprint density at radius 1 is 1.24 bits per heavy atom. The van der Waals surface area contributed by atoms with E-state index in [2.05, 4.69) is 4.98 Å². The number of thiocarbonyl (C=S) groups is 1. The third-order valence-electron chi connectivity index (χ3n) is 5.11. The van der Waals surface area contributed by atoms with Crippen LogP contribution in [0.15, 0.2) is 54.9 Å². The molecule has 1 aliphatic rings. The lowest BCUT2D eigenvalue weighted by atomic mass is 9.63. The number of hydrogen-bond donors (Lipinski definition) is 1. The van der Waals surface area contributed by atoms with Gasteiger partial charge in [-0.1, -0.05) is 49.3 Å². The summed E-state index contributed by atoms with van der Waals surface area (Å²) in [4.78, 5) is 17.0. The van der Waals surface area contributed by atoms with Gasteiger partial charge in [0.05, 0.1) is 22.6 Å². The molecule has 1 fully saturated rings. The molecule has 0 aliphatic heterocycles. The van der Waals surface area contributed by atoms with Crippen LogP contribution in [0.3, 0.4) is 0 Å². The Morgan fingerprint density at radius 2 is 2.04 bits per heavy atom. The minimum Gasteiger partial charge on any atom is -0.462 e. The van der Waals surface area contributed by atoms with Crippen molar-refractivity contribution in [2.24, 2.45) is 11.7 Å². The summed E-state index contributed by atoms with van der Waals surface area (Å²) in [5.41, 5.74) is 7.32. The number of benzene rings is 1. The van der Waals surface area contributed by atoms with Gasteiger partial charge in [-0.15, -0.1) is 0 Å². The molecule has 2 aromatic rings. The zero-order valence-corrected chi connectivity index (χ0v) is 14.9. The predicted octanol–water partition coefficient (Wildman–Crippen LogP) is 3.65. The Labute approximate surface area is 153 Å². The van der Waals surface area contributed by atoms with Crippen molar-refractivity contribution in [3.05, 3.63) is 66.0 Å². The average Bonchev–Trinajstić information content (AvgIpc) is 2.67. The topological polar surface area (TPSA) is 65.2 Å². The van der Waals surface area contributed by atoms with Gasteiger partial charge in [0.2, 0.25) is 0 Å². The fourth-order valence-electron chi connectivity index (χ4n) is 3.78. The van der Waals surface area contributed by atoms with E-state index >= 15 is 0 Å². The first-order valence-electron chi connectivity index (χ1n) is 8.57. The molecule has 130 valence electrons. The van der Waals surface area contributed by atoms with Crippen molar-refractivity contribution in [2.75, 3.05) is 6.61 Å². The van der Waals surface area contributed by atoms with E-state index in [1.807, 2.05) is 36.5 Å². The summed E-state index contributed by atoms with van der Waals surface area (Å²) in [6.45, 7) is 0.306. The molecule has 0 spiro atoms. The van der Waals surface area contributed by atoms with E-state index in [0.717, 1.165) is 31.2 Å². The van der Waals surface area contributed by atoms with Crippen LogP contribution >= 0.6 is 12.2 Å². The van der Waals surface area contributed by atoms with E-state index in [1.54, 1.807) is 18.3 Å². The SMILES string of the molecule is NC(=S)C1(c2cccnc2)CCCCC1COC(=O)c1ccccc1. The van der Waals surface area contributed by atoms with Crippen LogP contribution in [0.25, 0.3) is 0 Å². The molecule has 4 nitrogen and oxygen atoms in total. The first-order valence-corrected chi connectivity index (χ1v) is 8.98. The highest BCUT2D eigenvalue weighted by atomic mass is 32.1. The number of carbonyl (C=O) groups is 1. The fraction of sp³-hybridized carbons (Fsp3) is 0.350. The van der Waals surface area contributed by atoms with Crippen LogP contribution in [0, 0.1) is 5.92 Å². The van der Waals surface area contributed by atoms with Crippen LogP contribution in [0.5, 0.6) is 0 Å². The van der Waals surface area contributed by atoms with Crippen LogP contribution in [0.2, 0.25) is 0 Å². The number of esters is 1. The van der Waals surface area contributed by atoms with Crippen LogP contribution < -0.4 is 5.73 Å². The minimum atomic E-state index is -0.460. The third-order valence-corrected chi connectivity index (χ3v) is 5.48. The summed E-state index contributed by atoms with van der Waals surface area (Å²) < 4.78 is 5.62. The van der Waals surface area contributed by atoms with E-state index < -0.39 is 5.41 Å². The molecule has 2 N–H and O–H groups in total. The molecule has 0 radical (unpaired) electrons. The molecule has 2 unspecified atom stereocenters. The molecule has 5 heteroatoms. The lowest BCUT2D eigenvalue weighted by molar-refractivity contribution is 0.0354. The van der Waals surface area contributed by atoms with Crippen LogP contribution in [0.1, 0.15) is 41.6 Å². The number of carbonyl (C=O) groups excluding carboxylic acids is 1. The highest BCUT2D eigenvalue weighted by Gasteiger charge is 2.45. The Morgan fingerprint density at radius 3 is 2.72 bits per heavy atom. The number of aromatic nitrogens is 1. The fourth-order valence-corrected chi connectivity index (χ4v) is 4.16. The molecule has 3 rings (SSSR count). The quantitative estimate of drug-likeness (QED) is 0.656. The molecule has 1 aromatic carbocycles. The zero-order valence-electron chi connectivity index (χ0n) is 14.1. The van der Waals surface area contributed by atoms with Gasteiger partial charge < -0.3 is 10.5 Å². The number of ether oxygens (including phenoxy) is 1. The summed E-state index contributed by atoms with van der Waals surface area (Å²) in [5, 5.41) is 0. The summed E-state index contributed by atoms with van der Waals surface area (Å²) in [5.74, 6) is -0.246. The lowest BCUT2D eigenvalue weighted by Gasteiger charge is -2.43. The number of nitrogens with zero attached hydrogens (tertiary/aromatic N) is 1. The van der Waals surface area contributed by atoms with Gasteiger partial charge in [0.15, 0.2) is 0 Å². The second kappa shape index (κ2) is 7.74. The summed E-state index contributed by atoms with van der Waals surface area (Å²) in [6, 6.07) is 13.0. The molecule has 25 heavy (non-hydrogen) atoms. The monoisotopic (exact) mass is 354 g/mol. The smallest absolute Gasteiger partial charge is 0.338 e. The van der Waals surface area contributed by atoms with Gasteiger partial charge in [0, 0.05) is 18.3 Å². The maximum Gasteiger partial charge on any atom is 0.338 e.